The third-order valence-electron chi connectivity index (χ3n) is 3.82. The molecule has 92 valence electrons. The minimum atomic E-state index is -2.14. The summed E-state index contributed by atoms with van der Waals surface area (Å²) in [6, 6.07) is 8.23. The van der Waals surface area contributed by atoms with E-state index in [1.807, 2.05) is 25.2 Å². The van der Waals surface area contributed by atoms with Crippen LogP contribution in [-0.4, -0.2) is 13.1 Å². The van der Waals surface area contributed by atoms with E-state index in [1.54, 1.807) is 6.26 Å². The van der Waals surface area contributed by atoms with Gasteiger partial charge in [0, 0.05) is 5.39 Å². The van der Waals surface area contributed by atoms with E-state index in [2.05, 4.69) is 26.0 Å². The number of rotatable bonds is 3. The van der Waals surface area contributed by atoms with Crippen LogP contribution in [0.2, 0.25) is 18.1 Å². The largest absolute Gasteiger partial charge is 0.464 e. The van der Waals surface area contributed by atoms with Gasteiger partial charge in [-0.1, -0.05) is 19.9 Å². The van der Waals surface area contributed by atoms with Gasteiger partial charge in [-0.3, -0.25) is 0 Å². The van der Waals surface area contributed by atoms with Gasteiger partial charge >= 0.3 is 0 Å². The van der Waals surface area contributed by atoms with E-state index in [-0.39, 0.29) is 5.04 Å². The Hall–Kier alpha value is -1.06. The Bertz CT molecular complexity index is 520. The predicted molar refractivity (Wildman–Crippen MR) is 73.7 cm³/mol. The molecule has 1 aromatic carbocycles. The monoisotopic (exact) mass is 248 g/mol. The molecular formula is C14H20O2Si. The minimum absolute atomic E-state index is 0.0234. The second kappa shape index (κ2) is 4.00. The third-order valence-corrected chi connectivity index (χ3v) is 7.31. The summed E-state index contributed by atoms with van der Waals surface area (Å²) in [5.41, 5.74) is 2.19. The Morgan fingerprint density at radius 3 is 2.59 bits per heavy atom. The van der Waals surface area contributed by atoms with Crippen molar-refractivity contribution >= 4 is 19.3 Å². The molecule has 0 unspecified atom stereocenters. The molecule has 0 radical (unpaired) electrons. The SMILES string of the molecule is CC(C)(Cc1ccc2occc2c1)[Si](C)(C)O. The fourth-order valence-electron chi connectivity index (χ4n) is 1.85. The standard InChI is InChI=1S/C14H20O2Si/c1-14(2,17(3,4)15)10-11-5-6-13-12(9-11)7-8-16-13/h5-9,15H,10H2,1-4H3. The van der Waals surface area contributed by atoms with Crippen LogP contribution < -0.4 is 0 Å². The molecule has 2 aromatic rings. The smallest absolute Gasteiger partial charge is 0.188 e. The molecule has 0 spiro atoms. The molecule has 0 aliphatic carbocycles. The molecule has 2 nitrogen and oxygen atoms in total. The van der Waals surface area contributed by atoms with E-state index in [0.717, 1.165) is 17.4 Å². The Morgan fingerprint density at radius 1 is 1.24 bits per heavy atom. The molecule has 17 heavy (non-hydrogen) atoms. The first-order valence-electron chi connectivity index (χ1n) is 5.98. The van der Waals surface area contributed by atoms with Crippen LogP contribution in [0.25, 0.3) is 11.0 Å². The van der Waals surface area contributed by atoms with Crippen LogP contribution in [0.15, 0.2) is 34.9 Å². The van der Waals surface area contributed by atoms with Gasteiger partial charge in [-0.25, -0.2) is 0 Å². The van der Waals surface area contributed by atoms with Gasteiger partial charge < -0.3 is 9.21 Å². The first kappa shape index (κ1) is 12.4. The molecular weight excluding hydrogens is 228 g/mol. The number of hydrogen-bond acceptors (Lipinski definition) is 2. The highest BCUT2D eigenvalue weighted by Gasteiger charge is 2.37. The lowest BCUT2D eigenvalue weighted by Gasteiger charge is -2.35. The summed E-state index contributed by atoms with van der Waals surface area (Å²) in [5, 5.41) is 1.11. The van der Waals surface area contributed by atoms with Crippen molar-refractivity contribution in [2.75, 3.05) is 0 Å². The second-order valence-corrected chi connectivity index (χ2v) is 10.4. The zero-order valence-corrected chi connectivity index (χ0v) is 11.9. The van der Waals surface area contributed by atoms with Crippen LogP contribution in [0.1, 0.15) is 19.4 Å². The first-order valence-corrected chi connectivity index (χ1v) is 8.93. The van der Waals surface area contributed by atoms with Gasteiger partial charge in [0.15, 0.2) is 8.32 Å². The van der Waals surface area contributed by atoms with E-state index in [0.29, 0.717) is 0 Å². The van der Waals surface area contributed by atoms with Crippen molar-refractivity contribution < 1.29 is 9.21 Å². The summed E-state index contributed by atoms with van der Waals surface area (Å²) in [6.45, 7) is 8.31. The lowest BCUT2D eigenvalue weighted by molar-refractivity contribution is 0.467. The number of hydrogen-bond donors (Lipinski definition) is 1. The predicted octanol–water partition coefficient (Wildman–Crippen LogP) is 3.95. The van der Waals surface area contributed by atoms with E-state index in [1.165, 1.54) is 5.56 Å². The zero-order chi connectivity index (χ0) is 12.7. The highest BCUT2D eigenvalue weighted by atomic mass is 28.4. The summed E-state index contributed by atoms with van der Waals surface area (Å²) in [5.74, 6) is 0. The molecule has 0 saturated carbocycles. The Kier molecular flexibility index (Phi) is 2.92. The molecule has 1 N–H and O–H groups in total. The first-order chi connectivity index (χ1) is 7.79. The van der Waals surface area contributed by atoms with Gasteiger partial charge in [0.1, 0.15) is 5.58 Å². The number of fused-ring (bicyclic) bond motifs is 1. The lowest BCUT2D eigenvalue weighted by atomic mass is 10.0. The van der Waals surface area contributed by atoms with Crippen LogP contribution in [0.3, 0.4) is 0 Å². The fraction of sp³-hybridized carbons (Fsp3) is 0.429. The van der Waals surface area contributed by atoms with Crippen molar-refractivity contribution in [1.82, 2.24) is 0 Å². The Labute approximate surface area is 103 Å². The summed E-state index contributed by atoms with van der Waals surface area (Å²) in [4.78, 5) is 10.3. The molecule has 1 aromatic heterocycles. The summed E-state index contributed by atoms with van der Waals surface area (Å²) in [6.07, 6.45) is 2.62. The highest BCUT2D eigenvalue weighted by molar-refractivity contribution is 6.72. The summed E-state index contributed by atoms with van der Waals surface area (Å²) < 4.78 is 5.33. The highest BCUT2D eigenvalue weighted by Crippen LogP contribution is 2.38. The maximum atomic E-state index is 10.3. The quantitative estimate of drug-likeness (QED) is 0.834. The van der Waals surface area contributed by atoms with E-state index in [9.17, 15) is 4.80 Å². The number of benzene rings is 1. The van der Waals surface area contributed by atoms with Crippen molar-refractivity contribution in [3.05, 3.63) is 36.1 Å². The molecule has 0 aliphatic heterocycles. The third kappa shape index (κ3) is 2.45. The van der Waals surface area contributed by atoms with Crippen molar-refractivity contribution in [3.8, 4) is 0 Å². The van der Waals surface area contributed by atoms with Crippen LogP contribution in [0.5, 0.6) is 0 Å². The van der Waals surface area contributed by atoms with Crippen LogP contribution in [0, 0.1) is 0 Å². The average molecular weight is 248 g/mol. The van der Waals surface area contributed by atoms with Crippen LogP contribution >= 0.6 is 0 Å². The second-order valence-electron chi connectivity index (χ2n) is 5.91. The van der Waals surface area contributed by atoms with Crippen molar-refractivity contribution in [3.63, 3.8) is 0 Å². The molecule has 0 atom stereocenters. The number of furan rings is 1. The zero-order valence-electron chi connectivity index (χ0n) is 10.9. The normalized spacial score (nSPS) is 13.2. The molecule has 3 heteroatoms. The Morgan fingerprint density at radius 2 is 1.94 bits per heavy atom. The van der Waals surface area contributed by atoms with Gasteiger partial charge in [-0.2, -0.15) is 0 Å². The lowest BCUT2D eigenvalue weighted by Crippen LogP contribution is -2.40. The maximum Gasteiger partial charge on any atom is 0.188 e. The van der Waals surface area contributed by atoms with Crippen LogP contribution in [0.4, 0.5) is 0 Å². The molecule has 0 saturated heterocycles. The topological polar surface area (TPSA) is 33.4 Å². The van der Waals surface area contributed by atoms with Crippen LogP contribution in [-0.2, 0) is 6.42 Å². The van der Waals surface area contributed by atoms with E-state index >= 15 is 0 Å². The van der Waals surface area contributed by atoms with Gasteiger partial charge in [0.2, 0.25) is 0 Å². The maximum absolute atomic E-state index is 10.3. The summed E-state index contributed by atoms with van der Waals surface area (Å²) >= 11 is 0. The fourth-order valence-corrected chi connectivity index (χ4v) is 2.49. The van der Waals surface area contributed by atoms with Gasteiger partial charge in [0.05, 0.1) is 6.26 Å². The molecule has 1 heterocycles. The van der Waals surface area contributed by atoms with Crippen molar-refractivity contribution in [2.24, 2.45) is 0 Å². The Balaban J connectivity index is 2.29. The molecule has 0 bridgehead atoms. The summed E-state index contributed by atoms with van der Waals surface area (Å²) in [7, 11) is -2.14. The van der Waals surface area contributed by atoms with Crippen molar-refractivity contribution in [2.45, 2.75) is 38.4 Å². The van der Waals surface area contributed by atoms with Gasteiger partial charge in [-0.15, -0.1) is 0 Å². The molecule has 0 fully saturated rings. The molecule has 2 rings (SSSR count). The minimum Gasteiger partial charge on any atom is -0.464 e. The van der Waals surface area contributed by atoms with Gasteiger partial charge in [0.25, 0.3) is 0 Å². The molecule has 0 amide bonds. The van der Waals surface area contributed by atoms with Gasteiger partial charge in [-0.05, 0) is 48.3 Å². The van der Waals surface area contributed by atoms with E-state index < -0.39 is 8.32 Å². The average Bonchev–Trinajstić information content (AvgIpc) is 2.62. The van der Waals surface area contributed by atoms with E-state index in [4.69, 9.17) is 4.42 Å². The van der Waals surface area contributed by atoms with Crippen molar-refractivity contribution in [1.29, 1.82) is 0 Å². The molecule has 0 aliphatic rings.